The van der Waals surface area contributed by atoms with Gasteiger partial charge in [-0.25, -0.2) is 9.97 Å². The second-order valence-corrected chi connectivity index (χ2v) is 5.37. The minimum atomic E-state index is 0.145. The highest BCUT2D eigenvalue weighted by molar-refractivity contribution is 5.73. The van der Waals surface area contributed by atoms with Crippen LogP contribution in [0.4, 0.5) is 11.6 Å². The van der Waals surface area contributed by atoms with Crippen LogP contribution in [0.5, 0.6) is 0 Å². The fourth-order valence-corrected chi connectivity index (χ4v) is 2.25. The molecule has 1 aromatic heterocycles. The van der Waals surface area contributed by atoms with Crippen molar-refractivity contribution in [2.24, 2.45) is 0 Å². The lowest BCUT2D eigenvalue weighted by Crippen LogP contribution is -2.48. The highest BCUT2D eigenvalue weighted by atomic mass is 16.2. The van der Waals surface area contributed by atoms with E-state index in [1.807, 2.05) is 18.0 Å². The van der Waals surface area contributed by atoms with Crippen molar-refractivity contribution in [2.75, 3.05) is 43.4 Å². The van der Waals surface area contributed by atoms with Gasteiger partial charge >= 0.3 is 0 Å². The normalized spacial score (nSPS) is 15.7. The van der Waals surface area contributed by atoms with Crippen LogP contribution in [0.25, 0.3) is 0 Å². The first-order valence-corrected chi connectivity index (χ1v) is 7.08. The third kappa shape index (κ3) is 3.18. The molecule has 1 N–H and O–H groups in total. The maximum absolute atomic E-state index is 11.4. The molecule has 0 aromatic carbocycles. The summed E-state index contributed by atoms with van der Waals surface area (Å²) < 4.78 is 0. The molecule has 0 atom stereocenters. The van der Waals surface area contributed by atoms with Crippen molar-refractivity contribution < 1.29 is 4.79 Å². The van der Waals surface area contributed by atoms with Crippen LogP contribution in [0.1, 0.15) is 32.5 Å². The molecule has 0 spiro atoms. The summed E-state index contributed by atoms with van der Waals surface area (Å²) in [5.41, 5.74) is 0. The molecule has 0 unspecified atom stereocenters. The summed E-state index contributed by atoms with van der Waals surface area (Å²) >= 11 is 0. The van der Waals surface area contributed by atoms with Gasteiger partial charge in [0.2, 0.25) is 5.91 Å². The maximum atomic E-state index is 11.4. The summed E-state index contributed by atoms with van der Waals surface area (Å²) in [6, 6.07) is 1.97. The van der Waals surface area contributed by atoms with Crippen molar-refractivity contribution in [1.82, 2.24) is 14.9 Å². The number of piperazine rings is 1. The van der Waals surface area contributed by atoms with Crippen LogP contribution in [0.15, 0.2) is 6.07 Å². The minimum Gasteiger partial charge on any atom is -0.373 e. The number of hydrogen-bond donors (Lipinski definition) is 1. The second kappa shape index (κ2) is 6.07. The number of rotatable bonds is 3. The molecule has 1 aliphatic rings. The summed E-state index contributed by atoms with van der Waals surface area (Å²) in [7, 11) is 1.86. The van der Waals surface area contributed by atoms with Gasteiger partial charge in [-0.1, -0.05) is 13.8 Å². The number of anilines is 2. The lowest BCUT2D eigenvalue weighted by molar-refractivity contribution is -0.129. The monoisotopic (exact) mass is 277 g/mol. The van der Waals surface area contributed by atoms with Crippen molar-refractivity contribution in [3.63, 3.8) is 0 Å². The molecule has 6 heteroatoms. The number of carbonyl (C=O) groups is 1. The van der Waals surface area contributed by atoms with E-state index < -0.39 is 0 Å². The van der Waals surface area contributed by atoms with Crippen molar-refractivity contribution >= 4 is 17.5 Å². The molecule has 1 aliphatic heterocycles. The lowest BCUT2D eigenvalue weighted by atomic mass is 10.2. The van der Waals surface area contributed by atoms with Gasteiger partial charge in [-0.2, -0.15) is 0 Å². The Morgan fingerprint density at radius 1 is 1.25 bits per heavy atom. The molecule has 0 aliphatic carbocycles. The fourth-order valence-electron chi connectivity index (χ4n) is 2.25. The molecule has 1 fully saturated rings. The molecule has 1 amide bonds. The Hall–Kier alpha value is -1.85. The van der Waals surface area contributed by atoms with Gasteiger partial charge in [0.25, 0.3) is 0 Å². The first-order valence-electron chi connectivity index (χ1n) is 7.08. The summed E-state index contributed by atoms with van der Waals surface area (Å²) in [6.45, 7) is 8.94. The molecule has 1 aromatic rings. The van der Waals surface area contributed by atoms with Crippen molar-refractivity contribution in [3.8, 4) is 0 Å². The number of hydrogen-bond acceptors (Lipinski definition) is 5. The minimum absolute atomic E-state index is 0.145. The van der Waals surface area contributed by atoms with Gasteiger partial charge in [0.15, 0.2) is 0 Å². The molecule has 20 heavy (non-hydrogen) atoms. The van der Waals surface area contributed by atoms with Crippen LogP contribution < -0.4 is 10.2 Å². The molecule has 0 radical (unpaired) electrons. The van der Waals surface area contributed by atoms with Gasteiger partial charge in [0, 0.05) is 52.1 Å². The van der Waals surface area contributed by atoms with Crippen LogP contribution in [0.2, 0.25) is 0 Å². The smallest absolute Gasteiger partial charge is 0.219 e. The van der Waals surface area contributed by atoms with Crippen molar-refractivity contribution in [1.29, 1.82) is 0 Å². The van der Waals surface area contributed by atoms with E-state index in [1.54, 1.807) is 6.92 Å². The van der Waals surface area contributed by atoms with Gasteiger partial charge in [-0.3, -0.25) is 4.79 Å². The topological polar surface area (TPSA) is 61.4 Å². The van der Waals surface area contributed by atoms with Crippen LogP contribution in [0.3, 0.4) is 0 Å². The fraction of sp³-hybridized carbons (Fsp3) is 0.643. The zero-order valence-electron chi connectivity index (χ0n) is 12.7. The zero-order chi connectivity index (χ0) is 14.7. The van der Waals surface area contributed by atoms with E-state index >= 15 is 0 Å². The van der Waals surface area contributed by atoms with E-state index in [1.165, 1.54) is 0 Å². The van der Waals surface area contributed by atoms with E-state index in [0.29, 0.717) is 5.92 Å². The van der Waals surface area contributed by atoms with Gasteiger partial charge in [-0.05, 0) is 0 Å². The van der Waals surface area contributed by atoms with Gasteiger partial charge < -0.3 is 15.1 Å². The largest absolute Gasteiger partial charge is 0.373 e. The summed E-state index contributed by atoms with van der Waals surface area (Å²) in [4.78, 5) is 24.6. The van der Waals surface area contributed by atoms with Crippen LogP contribution in [0, 0.1) is 0 Å². The summed E-state index contributed by atoms with van der Waals surface area (Å²) in [6.07, 6.45) is 0. The van der Waals surface area contributed by atoms with Crippen LogP contribution >= 0.6 is 0 Å². The Bertz CT molecular complexity index is 480. The zero-order valence-corrected chi connectivity index (χ0v) is 12.7. The Kier molecular flexibility index (Phi) is 4.42. The molecular weight excluding hydrogens is 254 g/mol. The van der Waals surface area contributed by atoms with E-state index in [-0.39, 0.29) is 5.91 Å². The lowest BCUT2D eigenvalue weighted by Gasteiger charge is -2.35. The Morgan fingerprint density at radius 3 is 2.40 bits per heavy atom. The maximum Gasteiger partial charge on any atom is 0.219 e. The number of carbonyl (C=O) groups excluding carboxylic acids is 1. The van der Waals surface area contributed by atoms with Gasteiger partial charge in [0.1, 0.15) is 17.5 Å². The first-order chi connectivity index (χ1) is 9.51. The number of nitrogens with one attached hydrogen (secondary N) is 1. The summed E-state index contributed by atoms with van der Waals surface area (Å²) in [5, 5.41) is 3.09. The SMILES string of the molecule is CNc1cc(N2CCN(C(C)=O)CC2)nc(C(C)C)n1. The van der Waals surface area contributed by atoms with E-state index in [2.05, 4.69) is 34.0 Å². The molecular formula is C14H23N5O. The Morgan fingerprint density at radius 2 is 1.90 bits per heavy atom. The molecule has 6 nitrogen and oxygen atoms in total. The standard InChI is InChI=1S/C14H23N5O/c1-10(2)14-16-12(15-4)9-13(17-14)19-7-5-18(6-8-19)11(3)20/h9-10H,5-8H2,1-4H3,(H,15,16,17). The third-order valence-corrected chi connectivity index (χ3v) is 3.55. The highest BCUT2D eigenvalue weighted by Gasteiger charge is 2.20. The summed E-state index contributed by atoms with van der Waals surface area (Å²) in [5.74, 6) is 3.07. The van der Waals surface area contributed by atoms with Crippen LogP contribution in [-0.2, 0) is 4.79 Å². The van der Waals surface area contributed by atoms with E-state index in [0.717, 1.165) is 43.6 Å². The van der Waals surface area contributed by atoms with Crippen molar-refractivity contribution in [2.45, 2.75) is 26.7 Å². The highest BCUT2D eigenvalue weighted by Crippen LogP contribution is 2.21. The second-order valence-electron chi connectivity index (χ2n) is 5.37. The third-order valence-electron chi connectivity index (χ3n) is 3.55. The predicted octanol–water partition coefficient (Wildman–Crippen LogP) is 1.31. The molecule has 0 bridgehead atoms. The molecule has 110 valence electrons. The molecule has 2 rings (SSSR count). The number of aromatic nitrogens is 2. The van der Waals surface area contributed by atoms with E-state index in [9.17, 15) is 4.79 Å². The Balaban J connectivity index is 2.16. The van der Waals surface area contributed by atoms with Crippen LogP contribution in [-0.4, -0.2) is 54.0 Å². The van der Waals surface area contributed by atoms with Crippen molar-refractivity contribution in [3.05, 3.63) is 11.9 Å². The quantitative estimate of drug-likeness (QED) is 0.902. The number of amides is 1. The Labute approximate surface area is 120 Å². The molecule has 2 heterocycles. The van der Waals surface area contributed by atoms with Gasteiger partial charge in [0.05, 0.1) is 0 Å². The number of nitrogens with zero attached hydrogens (tertiary/aromatic N) is 4. The molecule has 0 saturated carbocycles. The van der Waals surface area contributed by atoms with Gasteiger partial charge in [-0.15, -0.1) is 0 Å². The first kappa shape index (κ1) is 14.6. The predicted molar refractivity (Wildman–Crippen MR) is 80.1 cm³/mol. The average molecular weight is 277 g/mol. The molecule has 1 saturated heterocycles. The van der Waals surface area contributed by atoms with E-state index in [4.69, 9.17) is 0 Å². The average Bonchev–Trinajstić information content (AvgIpc) is 2.46.